The lowest BCUT2D eigenvalue weighted by molar-refractivity contribution is 0.0186. The minimum Gasteiger partial charge on any atom is -0.444 e. The Kier molecular flexibility index (Phi) is 6.71. The second kappa shape index (κ2) is 8.55. The number of piperazine rings is 1. The highest BCUT2D eigenvalue weighted by molar-refractivity contribution is 5.78. The summed E-state index contributed by atoms with van der Waals surface area (Å²) in [5.41, 5.74) is 5.64. The number of carbonyl (C=O) groups is 1. The number of carbonyl (C=O) groups excluding carboxylic acids is 1. The smallest absolute Gasteiger partial charge is 0.410 e. The van der Waals surface area contributed by atoms with Crippen molar-refractivity contribution in [2.75, 3.05) is 52.4 Å². The monoisotopic (exact) mass is 339 g/mol. The molecule has 2 aliphatic heterocycles. The first-order valence-corrected chi connectivity index (χ1v) is 9.10. The molecule has 138 valence electrons. The van der Waals surface area contributed by atoms with Gasteiger partial charge in [-0.1, -0.05) is 0 Å². The third kappa shape index (κ3) is 6.19. The van der Waals surface area contributed by atoms with E-state index in [1.165, 1.54) is 25.9 Å². The molecule has 24 heavy (non-hydrogen) atoms. The second-order valence-electron chi connectivity index (χ2n) is 7.60. The number of rotatable bonds is 4. The fourth-order valence-corrected chi connectivity index (χ4v) is 3.04. The van der Waals surface area contributed by atoms with Crippen LogP contribution in [-0.2, 0) is 4.74 Å². The molecule has 2 fully saturated rings. The van der Waals surface area contributed by atoms with Crippen LogP contribution in [0.15, 0.2) is 4.99 Å². The van der Waals surface area contributed by atoms with E-state index in [-0.39, 0.29) is 6.09 Å². The summed E-state index contributed by atoms with van der Waals surface area (Å²) in [7, 11) is 0. The zero-order valence-corrected chi connectivity index (χ0v) is 15.5. The van der Waals surface area contributed by atoms with Crippen LogP contribution in [-0.4, -0.2) is 84.7 Å². The highest BCUT2D eigenvalue weighted by Gasteiger charge is 2.26. The Balaban J connectivity index is 1.66. The van der Waals surface area contributed by atoms with E-state index in [1.54, 1.807) is 4.90 Å². The quantitative estimate of drug-likeness (QED) is 0.475. The van der Waals surface area contributed by atoms with E-state index in [0.29, 0.717) is 32.1 Å². The predicted molar refractivity (Wildman–Crippen MR) is 96.2 cm³/mol. The molecule has 2 N–H and O–H groups in total. The fourth-order valence-electron chi connectivity index (χ4n) is 3.04. The molecule has 0 unspecified atom stereocenters. The maximum Gasteiger partial charge on any atom is 0.410 e. The molecule has 0 aromatic heterocycles. The Hall–Kier alpha value is -1.50. The Morgan fingerprint density at radius 2 is 1.62 bits per heavy atom. The average Bonchev–Trinajstić information content (AvgIpc) is 3.03. The van der Waals surface area contributed by atoms with Gasteiger partial charge in [-0.25, -0.2) is 4.79 Å². The second-order valence-corrected chi connectivity index (χ2v) is 7.60. The summed E-state index contributed by atoms with van der Waals surface area (Å²) < 4.78 is 5.40. The van der Waals surface area contributed by atoms with Crippen molar-refractivity contribution in [3.8, 4) is 0 Å². The van der Waals surface area contributed by atoms with Crippen LogP contribution < -0.4 is 5.73 Å². The Morgan fingerprint density at radius 3 is 2.21 bits per heavy atom. The van der Waals surface area contributed by atoms with Crippen molar-refractivity contribution in [3.05, 3.63) is 0 Å². The van der Waals surface area contributed by atoms with Gasteiger partial charge in [0.25, 0.3) is 0 Å². The molecule has 0 atom stereocenters. The van der Waals surface area contributed by atoms with Crippen LogP contribution in [0.3, 0.4) is 0 Å². The number of amides is 1. The first kappa shape index (κ1) is 18.8. The number of likely N-dealkylation sites (tertiary alicyclic amines) is 1. The lowest BCUT2D eigenvalue weighted by Crippen LogP contribution is -2.53. The fraction of sp³-hybridized carbons (Fsp3) is 0.882. The number of nitrogens with zero attached hydrogens (tertiary/aromatic N) is 4. The number of guanidine groups is 1. The summed E-state index contributed by atoms with van der Waals surface area (Å²) in [6.07, 6.45) is 3.46. The molecule has 2 heterocycles. The Morgan fingerprint density at radius 1 is 1.04 bits per heavy atom. The molecule has 7 nitrogen and oxygen atoms in total. The topological polar surface area (TPSA) is 74.4 Å². The minimum absolute atomic E-state index is 0.247. The van der Waals surface area contributed by atoms with Gasteiger partial charge in [0.05, 0.1) is 0 Å². The van der Waals surface area contributed by atoms with Crippen molar-refractivity contribution >= 4 is 12.1 Å². The van der Waals surface area contributed by atoms with E-state index in [0.717, 1.165) is 19.5 Å². The number of ether oxygens (including phenoxy) is 1. The van der Waals surface area contributed by atoms with Crippen LogP contribution in [0.2, 0.25) is 0 Å². The summed E-state index contributed by atoms with van der Waals surface area (Å²) in [5, 5.41) is 0. The number of hydrogen-bond donors (Lipinski definition) is 1. The first-order valence-electron chi connectivity index (χ1n) is 9.10. The lowest BCUT2D eigenvalue weighted by Gasteiger charge is -2.36. The van der Waals surface area contributed by atoms with E-state index in [2.05, 4.69) is 14.8 Å². The highest BCUT2D eigenvalue weighted by atomic mass is 16.6. The van der Waals surface area contributed by atoms with Gasteiger partial charge in [0.15, 0.2) is 5.96 Å². The van der Waals surface area contributed by atoms with E-state index in [1.807, 2.05) is 20.8 Å². The van der Waals surface area contributed by atoms with Gasteiger partial charge in [0, 0.05) is 32.7 Å². The predicted octanol–water partition coefficient (Wildman–Crippen LogP) is 1.34. The normalized spacial score (nSPS) is 20.5. The summed E-state index contributed by atoms with van der Waals surface area (Å²) in [5.74, 6) is 0.597. The maximum atomic E-state index is 12.0. The molecule has 2 rings (SSSR count). The molecule has 0 bridgehead atoms. The van der Waals surface area contributed by atoms with Gasteiger partial charge in [0.2, 0.25) is 0 Å². The van der Waals surface area contributed by atoms with Crippen LogP contribution >= 0.6 is 0 Å². The van der Waals surface area contributed by atoms with Crippen LogP contribution in [0.5, 0.6) is 0 Å². The molecule has 0 aromatic rings. The van der Waals surface area contributed by atoms with Crippen molar-refractivity contribution in [2.24, 2.45) is 10.7 Å². The third-order valence-corrected chi connectivity index (χ3v) is 4.36. The first-order chi connectivity index (χ1) is 11.3. The number of hydrogen-bond acceptors (Lipinski definition) is 4. The zero-order chi connectivity index (χ0) is 17.6. The van der Waals surface area contributed by atoms with Gasteiger partial charge in [-0.2, -0.15) is 0 Å². The molecule has 0 spiro atoms. The molecule has 0 aromatic carbocycles. The maximum absolute atomic E-state index is 12.0. The van der Waals surface area contributed by atoms with Crippen molar-refractivity contribution in [2.45, 2.75) is 45.6 Å². The molecule has 1 amide bonds. The molecular weight excluding hydrogens is 306 g/mol. The van der Waals surface area contributed by atoms with E-state index < -0.39 is 5.60 Å². The number of aliphatic imine (C=N–C) groups is 1. The molecular formula is C17H33N5O2. The highest BCUT2D eigenvalue weighted by Crippen LogP contribution is 2.12. The van der Waals surface area contributed by atoms with Gasteiger partial charge in [-0.3, -0.25) is 4.99 Å². The Bertz CT molecular complexity index is 433. The standard InChI is InChI=1S/C17H33N5O2/c1-17(2,3)24-16(23)22-13-11-21(12-14-22)15(18)19-7-6-10-20-8-4-5-9-20/h4-14H2,1-3H3,(H2,18,19). The molecule has 7 heteroatoms. The van der Waals surface area contributed by atoms with Gasteiger partial charge in [-0.15, -0.1) is 0 Å². The average molecular weight is 339 g/mol. The number of nitrogens with two attached hydrogens (primary N) is 1. The van der Waals surface area contributed by atoms with Crippen molar-refractivity contribution < 1.29 is 9.53 Å². The van der Waals surface area contributed by atoms with Gasteiger partial charge < -0.3 is 25.2 Å². The molecule has 2 saturated heterocycles. The molecule has 0 saturated carbocycles. The Labute approximate surface area is 145 Å². The SMILES string of the molecule is CC(C)(C)OC(=O)N1CCN(C(N)=NCCCN2CCCC2)CC1. The largest absolute Gasteiger partial charge is 0.444 e. The summed E-state index contributed by atoms with van der Waals surface area (Å²) in [6, 6.07) is 0. The van der Waals surface area contributed by atoms with Crippen LogP contribution in [0, 0.1) is 0 Å². The van der Waals surface area contributed by atoms with E-state index in [4.69, 9.17) is 10.5 Å². The minimum atomic E-state index is -0.454. The van der Waals surface area contributed by atoms with E-state index >= 15 is 0 Å². The van der Waals surface area contributed by atoms with E-state index in [9.17, 15) is 4.79 Å². The van der Waals surface area contributed by atoms with Gasteiger partial charge in [-0.05, 0) is 59.7 Å². The van der Waals surface area contributed by atoms with Crippen LogP contribution in [0.1, 0.15) is 40.0 Å². The molecule has 2 aliphatic rings. The van der Waals surface area contributed by atoms with Crippen LogP contribution in [0.4, 0.5) is 4.79 Å². The van der Waals surface area contributed by atoms with Gasteiger partial charge >= 0.3 is 6.09 Å². The summed E-state index contributed by atoms with van der Waals surface area (Å²) in [6.45, 7) is 12.7. The van der Waals surface area contributed by atoms with Crippen molar-refractivity contribution in [1.82, 2.24) is 14.7 Å². The lowest BCUT2D eigenvalue weighted by atomic mass is 10.2. The zero-order valence-electron chi connectivity index (χ0n) is 15.5. The van der Waals surface area contributed by atoms with Crippen molar-refractivity contribution in [3.63, 3.8) is 0 Å². The molecule has 0 aliphatic carbocycles. The van der Waals surface area contributed by atoms with Crippen LogP contribution in [0.25, 0.3) is 0 Å². The summed E-state index contributed by atoms with van der Waals surface area (Å²) in [4.78, 5) is 22.8. The summed E-state index contributed by atoms with van der Waals surface area (Å²) >= 11 is 0. The third-order valence-electron chi connectivity index (χ3n) is 4.36. The van der Waals surface area contributed by atoms with Crippen molar-refractivity contribution in [1.29, 1.82) is 0 Å². The van der Waals surface area contributed by atoms with Gasteiger partial charge in [0.1, 0.15) is 5.60 Å². The molecule has 0 radical (unpaired) electrons.